The molecule has 1 aromatic carbocycles. The van der Waals surface area contributed by atoms with E-state index in [4.69, 9.17) is 4.98 Å². The molecule has 2 N–H and O–H groups in total. The Morgan fingerprint density at radius 1 is 1.15 bits per heavy atom. The van der Waals surface area contributed by atoms with Gasteiger partial charge in [-0.05, 0) is 44.7 Å². The maximum Gasteiger partial charge on any atom is 0.124 e. The molecule has 20 heavy (non-hydrogen) atoms. The van der Waals surface area contributed by atoms with Crippen molar-refractivity contribution in [3.05, 3.63) is 30.1 Å². The molecule has 3 nitrogen and oxygen atoms in total. The average molecular weight is 271 g/mol. The number of rotatable bonds is 4. The third-order valence-electron chi connectivity index (χ3n) is 4.69. The third kappa shape index (κ3) is 2.88. The van der Waals surface area contributed by atoms with Crippen LogP contribution in [0.3, 0.4) is 0 Å². The average Bonchev–Trinajstić information content (AvgIpc) is 2.92. The molecule has 1 aliphatic carbocycles. The van der Waals surface area contributed by atoms with Crippen LogP contribution in [0.2, 0.25) is 0 Å². The predicted octanol–water partition coefficient (Wildman–Crippen LogP) is 4.18. The van der Waals surface area contributed by atoms with Gasteiger partial charge in [0.2, 0.25) is 0 Å². The zero-order chi connectivity index (χ0) is 13.9. The Morgan fingerprint density at radius 3 is 2.65 bits per heavy atom. The van der Waals surface area contributed by atoms with E-state index >= 15 is 0 Å². The molecule has 1 fully saturated rings. The van der Waals surface area contributed by atoms with E-state index in [0.29, 0.717) is 6.04 Å². The van der Waals surface area contributed by atoms with Gasteiger partial charge in [0.25, 0.3) is 0 Å². The Morgan fingerprint density at radius 2 is 1.90 bits per heavy atom. The maximum absolute atomic E-state index is 4.69. The van der Waals surface area contributed by atoms with Crippen molar-refractivity contribution in [2.45, 2.75) is 58.0 Å². The minimum atomic E-state index is 0.277. The standard InChI is InChI=1S/C17H25N3/c1-12(14-8-4-3-5-9-14)18-13(2)17-19-15-10-6-7-11-16(15)20-17/h6-7,10-14,18H,3-5,8-9H2,1-2H3,(H,19,20). The molecule has 2 unspecified atom stereocenters. The largest absolute Gasteiger partial charge is 0.341 e. The van der Waals surface area contributed by atoms with E-state index in [0.717, 1.165) is 22.8 Å². The van der Waals surface area contributed by atoms with E-state index in [1.165, 1.54) is 32.1 Å². The molecule has 1 heterocycles. The van der Waals surface area contributed by atoms with E-state index in [9.17, 15) is 0 Å². The first-order valence-electron chi connectivity index (χ1n) is 7.95. The molecular formula is C17H25N3. The third-order valence-corrected chi connectivity index (χ3v) is 4.69. The second-order valence-electron chi connectivity index (χ2n) is 6.21. The van der Waals surface area contributed by atoms with Crippen LogP contribution >= 0.6 is 0 Å². The van der Waals surface area contributed by atoms with Crippen LogP contribution in [0.4, 0.5) is 0 Å². The number of nitrogens with one attached hydrogen (secondary N) is 2. The van der Waals surface area contributed by atoms with Gasteiger partial charge in [0, 0.05) is 6.04 Å². The summed E-state index contributed by atoms with van der Waals surface area (Å²) in [6.45, 7) is 4.53. The monoisotopic (exact) mass is 271 g/mol. The Balaban J connectivity index is 1.67. The summed E-state index contributed by atoms with van der Waals surface area (Å²) in [5.41, 5.74) is 2.18. The van der Waals surface area contributed by atoms with Crippen molar-refractivity contribution in [3.63, 3.8) is 0 Å². The zero-order valence-electron chi connectivity index (χ0n) is 12.5. The maximum atomic E-state index is 4.69. The van der Waals surface area contributed by atoms with Gasteiger partial charge in [-0.2, -0.15) is 0 Å². The van der Waals surface area contributed by atoms with Crippen molar-refractivity contribution in [2.24, 2.45) is 5.92 Å². The lowest BCUT2D eigenvalue weighted by atomic mass is 9.84. The van der Waals surface area contributed by atoms with Gasteiger partial charge in [0.1, 0.15) is 5.82 Å². The van der Waals surface area contributed by atoms with Crippen molar-refractivity contribution in [1.29, 1.82) is 0 Å². The van der Waals surface area contributed by atoms with E-state index in [2.05, 4.69) is 36.3 Å². The van der Waals surface area contributed by atoms with E-state index in [1.54, 1.807) is 0 Å². The molecule has 0 spiro atoms. The molecule has 1 aliphatic rings. The lowest BCUT2D eigenvalue weighted by Gasteiger charge is -2.30. The molecular weight excluding hydrogens is 246 g/mol. The SMILES string of the molecule is CC(NC(C)C1CCCCC1)c1nc2ccccc2[nH]1. The summed E-state index contributed by atoms with van der Waals surface area (Å²) in [5.74, 6) is 1.88. The number of imidazole rings is 1. The summed E-state index contributed by atoms with van der Waals surface area (Å²) >= 11 is 0. The van der Waals surface area contributed by atoms with Crippen molar-refractivity contribution in [1.82, 2.24) is 15.3 Å². The highest BCUT2D eigenvalue weighted by atomic mass is 15.0. The molecule has 2 aromatic rings. The molecule has 0 bridgehead atoms. The van der Waals surface area contributed by atoms with E-state index < -0.39 is 0 Å². The molecule has 0 amide bonds. The molecule has 0 saturated heterocycles. The van der Waals surface area contributed by atoms with Gasteiger partial charge in [-0.3, -0.25) is 0 Å². The fraction of sp³-hybridized carbons (Fsp3) is 0.588. The lowest BCUT2D eigenvalue weighted by molar-refractivity contribution is 0.266. The van der Waals surface area contributed by atoms with Crippen molar-refractivity contribution in [3.8, 4) is 0 Å². The van der Waals surface area contributed by atoms with Gasteiger partial charge in [-0.15, -0.1) is 0 Å². The topological polar surface area (TPSA) is 40.7 Å². The number of aromatic amines is 1. The van der Waals surface area contributed by atoms with Crippen LogP contribution in [0.1, 0.15) is 57.8 Å². The number of para-hydroxylation sites is 2. The fourth-order valence-corrected chi connectivity index (χ4v) is 3.42. The summed E-state index contributed by atoms with van der Waals surface area (Å²) < 4.78 is 0. The van der Waals surface area contributed by atoms with Gasteiger partial charge in [0.15, 0.2) is 0 Å². The van der Waals surface area contributed by atoms with Crippen LogP contribution in [0, 0.1) is 5.92 Å². The number of benzene rings is 1. The first-order valence-corrected chi connectivity index (χ1v) is 7.95. The number of aromatic nitrogens is 2. The molecule has 108 valence electrons. The molecule has 0 aliphatic heterocycles. The van der Waals surface area contributed by atoms with Crippen molar-refractivity contribution in [2.75, 3.05) is 0 Å². The Labute approximate surface area is 121 Å². The van der Waals surface area contributed by atoms with Crippen molar-refractivity contribution >= 4 is 11.0 Å². The van der Waals surface area contributed by atoms with Crippen LogP contribution in [-0.2, 0) is 0 Å². The van der Waals surface area contributed by atoms with Gasteiger partial charge in [0.05, 0.1) is 17.1 Å². The van der Waals surface area contributed by atoms with E-state index in [-0.39, 0.29) is 6.04 Å². The summed E-state index contributed by atoms with van der Waals surface area (Å²) in [7, 11) is 0. The summed E-state index contributed by atoms with van der Waals surface area (Å²) in [6, 6.07) is 9.08. The zero-order valence-corrected chi connectivity index (χ0v) is 12.5. The number of fused-ring (bicyclic) bond motifs is 1. The minimum Gasteiger partial charge on any atom is -0.341 e. The highest BCUT2D eigenvalue weighted by molar-refractivity contribution is 5.74. The molecule has 1 aromatic heterocycles. The van der Waals surface area contributed by atoms with Crippen molar-refractivity contribution < 1.29 is 0 Å². The predicted molar refractivity (Wildman–Crippen MR) is 83.7 cm³/mol. The Hall–Kier alpha value is -1.35. The second kappa shape index (κ2) is 5.96. The first-order chi connectivity index (χ1) is 9.74. The quantitative estimate of drug-likeness (QED) is 0.875. The number of hydrogen-bond donors (Lipinski definition) is 2. The van der Waals surface area contributed by atoms with Crippen LogP contribution < -0.4 is 5.32 Å². The van der Waals surface area contributed by atoms with Crippen LogP contribution in [0.25, 0.3) is 11.0 Å². The highest BCUT2D eigenvalue weighted by Crippen LogP contribution is 2.27. The molecule has 1 saturated carbocycles. The minimum absolute atomic E-state index is 0.277. The van der Waals surface area contributed by atoms with Crippen LogP contribution in [0.15, 0.2) is 24.3 Å². The number of nitrogens with zero attached hydrogens (tertiary/aromatic N) is 1. The number of hydrogen-bond acceptors (Lipinski definition) is 2. The van der Waals surface area contributed by atoms with Gasteiger partial charge in [-0.1, -0.05) is 31.4 Å². The number of H-pyrrole nitrogens is 1. The summed E-state index contributed by atoms with van der Waals surface area (Å²) in [5, 5.41) is 3.73. The van der Waals surface area contributed by atoms with Gasteiger partial charge in [-0.25, -0.2) is 4.98 Å². The van der Waals surface area contributed by atoms with Gasteiger partial charge < -0.3 is 10.3 Å². The first kappa shape index (κ1) is 13.6. The van der Waals surface area contributed by atoms with Gasteiger partial charge >= 0.3 is 0 Å². The summed E-state index contributed by atoms with van der Waals surface area (Å²) in [6.07, 6.45) is 6.97. The lowest BCUT2D eigenvalue weighted by Crippen LogP contribution is -2.36. The normalized spacial score (nSPS) is 20.1. The molecule has 2 atom stereocenters. The van der Waals surface area contributed by atoms with Crippen LogP contribution in [0.5, 0.6) is 0 Å². The van der Waals surface area contributed by atoms with Crippen LogP contribution in [-0.4, -0.2) is 16.0 Å². The summed E-state index contributed by atoms with van der Waals surface area (Å²) in [4.78, 5) is 8.12. The molecule has 0 radical (unpaired) electrons. The van der Waals surface area contributed by atoms with E-state index in [1.807, 2.05) is 12.1 Å². The second-order valence-corrected chi connectivity index (χ2v) is 6.21. The highest BCUT2D eigenvalue weighted by Gasteiger charge is 2.22. The molecule has 3 heteroatoms. The Kier molecular flexibility index (Phi) is 4.06. The fourth-order valence-electron chi connectivity index (χ4n) is 3.42. The molecule has 3 rings (SSSR count). The smallest absolute Gasteiger partial charge is 0.124 e. The Bertz CT molecular complexity index is 521.